The summed E-state index contributed by atoms with van der Waals surface area (Å²) in [5.74, 6) is 0.790. The van der Waals surface area contributed by atoms with Crippen LogP contribution in [0.1, 0.15) is 50.6 Å². The van der Waals surface area contributed by atoms with Crippen molar-refractivity contribution in [3.05, 3.63) is 58.2 Å². The van der Waals surface area contributed by atoms with Crippen molar-refractivity contribution < 1.29 is 8.91 Å². The third-order valence-electron chi connectivity index (χ3n) is 7.07. The lowest BCUT2D eigenvalue weighted by atomic mass is 9.91. The maximum Gasteiger partial charge on any atom is 0.170 e. The van der Waals surface area contributed by atoms with E-state index in [4.69, 9.17) is 9.52 Å². The number of aliphatic imine (C=N–C) groups is 1. The average Bonchev–Trinajstić information content (AvgIpc) is 3.22. The Morgan fingerprint density at radius 2 is 2.06 bits per heavy atom. The highest BCUT2D eigenvalue weighted by Crippen LogP contribution is 2.35. The number of aromatic nitrogens is 1. The van der Waals surface area contributed by atoms with Gasteiger partial charge < -0.3 is 14.3 Å². The minimum absolute atomic E-state index is 0.303. The molecule has 1 aromatic carbocycles. The number of fused-ring (bicyclic) bond motifs is 2. The summed E-state index contributed by atoms with van der Waals surface area (Å²) in [4.78, 5) is 20.5. The molecule has 0 spiro atoms. The van der Waals surface area contributed by atoms with Gasteiger partial charge in [-0.15, -0.1) is 0 Å². The number of hydrogen-bond donors (Lipinski definition) is 0. The van der Waals surface area contributed by atoms with Crippen LogP contribution < -0.4 is 0 Å². The standard InChI is InChI=1S/C24H28FN5O2/c1-15-19(16(2)30-10-3-4-21(27-31)24(30)26-15)9-13-29-11-7-17(8-12-29)23-20-6-5-18(25)14-22(20)32-28-23/h5-6,14,17,21H,2-4,7-13H2,1H3. The second kappa shape index (κ2) is 8.58. The van der Waals surface area contributed by atoms with Gasteiger partial charge in [0.05, 0.1) is 5.69 Å². The lowest BCUT2D eigenvalue weighted by Crippen LogP contribution is -2.45. The fraction of sp³-hybridized carbons (Fsp3) is 0.500. The van der Waals surface area contributed by atoms with E-state index in [1.54, 1.807) is 6.07 Å². The molecule has 0 N–H and O–H groups in total. The first-order valence-corrected chi connectivity index (χ1v) is 11.4. The van der Waals surface area contributed by atoms with Gasteiger partial charge in [-0.1, -0.05) is 16.9 Å². The van der Waals surface area contributed by atoms with Crippen LogP contribution in [0, 0.1) is 10.7 Å². The molecule has 2 aromatic rings. The molecule has 1 unspecified atom stereocenters. The number of rotatable bonds is 5. The minimum Gasteiger partial charge on any atom is -0.356 e. The highest BCUT2D eigenvalue weighted by atomic mass is 19.1. The van der Waals surface area contributed by atoms with Crippen molar-refractivity contribution in [3.8, 4) is 0 Å². The number of likely N-dealkylation sites (tertiary alicyclic amines) is 1. The largest absolute Gasteiger partial charge is 0.356 e. The molecule has 168 valence electrons. The molecule has 0 aliphatic carbocycles. The van der Waals surface area contributed by atoms with E-state index in [0.29, 0.717) is 11.5 Å². The number of nitrogens with zero attached hydrogens (tertiary/aromatic N) is 5. The summed E-state index contributed by atoms with van der Waals surface area (Å²) in [6, 6.07) is 4.28. The number of piperidine rings is 2. The van der Waals surface area contributed by atoms with Crippen LogP contribution in [0.5, 0.6) is 0 Å². The number of amidine groups is 1. The third-order valence-corrected chi connectivity index (χ3v) is 7.07. The van der Waals surface area contributed by atoms with Crippen LogP contribution >= 0.6 is 0 Å². The summed E-state index contributed by atoms with van der Waals surface area (Å²) in [6.07, 6.45) is 4.57. The van der Waals surface area contributed by atoms with Crippen molar-refractivity contribution >= 4 is 16.8 Å². The molecule has 32 heavy (non-hydrogen) atoms. The Morgan fingerprint density at radius 1 is 1.25 bits per heavy atom. The zero-order valence-electron chi connectivity index (χ0n) is 18.4. The Hall–Kier alpha value is -2.87. The van der Waals surface area contributed by atoms with Gasteiger partial charge in [-0.25, -0.2) is 9.38 Å². The van der Waals surface area contributed by atoms with Crippen molar-refractivity contribution in [3.63, 3.8) is 0 Å². The van der Waals surface area contributed by atoms with Gasteiger partial charge in [0.15, 0.2) is 5.58 Å². The van der Waals surface area contributed by atoms with E-state index in [1.807, 2.05) is 6.92 Å². The predicted molar refractivity (Wildman–Crippen MR) is 122 cm³/mol. The number of nitroso groups, excluding NO2 is 1. The zero-order valence-corrected chi connectivity index (χ0v) is 18.4. The lowest BCUT2D eigenvalue weighted by Gasteiger charge is -2.39. The molecule has 3 aliphatic heterocycles. The van der Waals surface area contributed by atoms with Crippen LogP contribution in [-0.2, 0) is 0 Å². The Labute approximate surface area is 186 Å². The number of allylic oxidation sites excluding steroid dienone is 2. The molecule has 8 heteroatoms. The molecule has 4 heterocycles. The summed E-state index contributed by atoms with van der Waals surface area (Å²) in [5.41, 5.74) is 4.56. The minimum atomic E-state index is -0.361. The first kappa shape index (κ1) is 21.0. The van der Waals surface area contributed by atoms with E-state index in [0.717, 1.165) is 86.6 Å². The Kier molecular flexibility index (Phi) is 5.63. The lowest BCUT2D eigenvalue weighted by molar-refractivity contribution is 0.211. The van der Waals surface area contributed by atoms with E-state index >= 15 is 0 Å². The van der Waals surface area contributed by atoms with E-state index in [2.05, 4.69) is 26.7 Å². The van der Waals surface area contributed by atoms with Crippen LogP contribution in [0.25, 0.3) is 11.0 Å². The summed E-state index contributed by atoms with van der Waals surface area (Å²) >= 11 is 0. The van der Waals surface area contributed by atoms with E-state index in [-0.39, 0.29) is 11.9 Å². The molecule has 0 saturated carbocycles. The van der Waals surface area contributed by atoms with Crippen molar-refractivity contribution in [1.82, 2.24) is 15.0 Å². The van der Waals surface area contributed by atoms with Crippen LogP contribution in [0.2, 0.25) is 0 Å². The van der Waals surface area contributed by atoms with Crippen molar-refractivity contribution in [1.29, 1.82) is 0 Å². The predicted octanol–water partition coefficient (Wildman–Crippen LogP) is 4.97. The van der Waals surface area contributed by atoms with Crippen LogP contribution in [0.3, 0.4) is 0 Å². The van der Waals surface area contributed by atoms with Gasteiger partial charge >= 0.3 is 0 Å². The zero-order chi connectivity index (χ0) is 22.2. The van der Waals surface area contributed by atoms with Gasteiger partial charge in [-0.3, -0.25) is 0 Å². The van der Waals surface area contributed by atoms with Crippen molar-refractivity contribution in [2.24, 2.45) is 10.2 Å². The molecule has 2 saturated heterocycles. The van der Waals surface area contributed by atoms with Gasteiger partial charge in [-0.2, -0.15) is 4.91 Å². The Bertz CT molecular complexity index is 1110. The maximum absolute atomic E-state index is 13.4. The van der Waals surface area contributed by atoms with Gasteiger partial charge in [0.1, 0.15) is 17.7 Å². The van der Waals surface area contributed by atoms with Crippen LogP contribution in [-0.4, -0.2) is 53.0 Å². The molecule has 0 bridgehead atoms. The summed E-state index contributed by atoms with van der Waals surface area (Å²) in [6.45, 7) is 10.1. The van der Waals surface area contributed by atoms with E-state index < -0.39 is 0 Å². The van der Waals surface area contributed by atoms with Crippen LogP contribution in [0.15, 0.2) is 56.4 Å². The fourth-order valence-corrected chi connectivity index (χ4v) is 5.24. The van der Waals surface area contributed by atoms with E-state index in [1.165, 1.54) is 17.7 Å². The highest BCUT2D eigenvalue weighted by Gasteiger charge is 2.33. The Morgan fingerprint density at radius 3 is 2.84 bits per heavy atom. The molecular weight excluding hydrogens is 409 g/mol. The quantitative estimate of drug-likeness (QED) is 0.618. The Balaban J connectivity index is 1.22. The normalized spacial score (nSPS) is 22.9. The van der Waals surface area contributed by atoms with E-state index in [9.17, 15) is 9.30 Å². The molecule has 0 amide bonds. The first-order valence-electron chi connectivity index (χ1n) is 11.4. The van der Waals surface area contributed by atoms with Crippen molar-refractivity contribution in [2.45, 2.75) is 51.0 Å². The molecule has 1 aromatic heterocycles. The van der Waals surface area contributed by atoms with Crippen molar-refractivity contribution in [2.75, 3.05) is 26.2 Å². The average molecular weight is 438 g/mol. The molecular formula is C24H28FN5O2. The molecule has 0 radical (unpaired) electrons. The summed E-state index contributed by atoms with van der Waals surface area (Å²) < 4.78 is 18.8. The van der Waals surface area contributed by atoms with Crippen LogP contribution in [0.4, 0.5) is 4.39 Å². The number of benzene rings is 1. The first-order chi connectivity index (χ1) is 15.5. The highest BCUT2D eigenvalue weighted by molar-refractivity contribution is 5.92. The molecule has 5 rings (SSSR count). The summed E-state index contributed by atoms with van der Waals surface area (Å²) in [5, 5.41) is 8.44. The molecule has 3 aliphatic rings. The topological polar surface area (TPSA) is 74.3 Å². The number of hydrogen-bond acceptors (Lipinski definition) is 7. The SMILES string of the molecule is C=C1C(CCN2CCC(c3noc4cc(F)ccc34)CC2)=C(C)N=C2C(N=O)CCCN12. The fourth-order valence-electron chi connectivity index (χ4n) is 5.24. The van der Waals surface area contributed by atoms with Gasteiger partial charge in [-0.05, 0) is 69.8 Å². The molecule has 2 fully saturated rings. The number of halogens is 1. The third kappa shape index (κ3) is 3.77. The second-order valence-electron chi connectivity index (χ2n) is 8.97. The maximum atomic E-state index is 13.4. The van der Waals surface area contributed by atoms with Gasteiger partial charge in [0.2, 0.25) is 0 Å². The summed E-state index contributed by atoms with van der Waals surface area (Å²) in [7, 11) is 0. The molecule has 7 nitrogen and oxygen atoms in total. The second-order valence-corrected chi connectivity index (χ2v) is 8.97. The van der Waals surface area contributed by atoms with Gasteiger partial charge in [0.25, 0.3) is 0 Å². The molecule has 1 atom stereocenters. The van der Waals surface area contributed by atoms with Gasteiger partial charge in [0, 0.05) is 41.9 Å². The smallest absolute Gasteiger partial charge is 0.170 e. The monoisotopic (exact) mass is 437 g/mol.